The van der Waals surface area contributed by atoms with Gasteiger partial charge in [0.1, 0.15) is 5.75 Å². The average Bonchev–Trinajstić information content (AvgIpc) is 2.55. The molecule has 0 radical (unpaired) electrons. The number of alkyl halides is 3. The summed E-state index contributed by atoms with van der Waals surface area (Å²) in [5, 5.41) is 8.23. The molecule has 0 aliphatic rings. The van der Waals surface area contributed by atoms with Gasteiger partial charge in [-0.2, -0.15) is 0 Å². The Bertz CT molecular complexity index is 831. The molecule has 0 amide bonds. The number of anilines is 1. The van der Waals surface area contributed by atoms with Gasteiger partial charge in [0, 0.05) is 16.8 Å². The Hall–Kier alpha value is -3.09. The number of nitrogens with zero attached hydrogens (tertiary/aromatic N) is 2. The first kappa shape index (κ1) is 15.8. The van der Waals surface area contributed by atoms with Crippen LogP contribution in [0.3, 0.4) is 0 Å². The Balaban J connectivity index is 1.82. The van der Waals surface area contributed by atoms with E-state index < -0.39 is 6.36 Å². The van der Waals surface area contributed by atoms with E-state index >= 15 is 0 Å². The van der Waals surface area contributed by atoms with Gasteiger partial charge in [0.2, 0.25) is 0 Å². The van der Waals surface area contributed by atoms with Crippen molar-refractivity contribution < 1.29 is 17.9 Å². The van der Waals surface area contributed by atoms with E-state index in [2.05, 4.69) is 14.9 Å². The Morgan fingerprint density at radius 1 is 0.792 bits per heavy atom. The van der Waals surface area contributed by atoms with E-state index in [9.17, 15) is 13.2 Å². The third-order valence-electron chi connectivity index (χ3n) is 3.28. The van der Waals surface area contributed by atoms with Crippen molar-refractivity contribution in [1.29, 1.82) is 0 Å². The monoisotopic (exact) mass is 331 g/mol. The van der Waals surface area contributed by atoms with Gasteiger partial charge in [-0.1, -0.05) is 18.2 Å². The lowest BCUT2D eigenvalue weighted by Gasteiger charge is -2.09. The Morgan fingerprint density at radius 3 is 2.00 bits per heavy atom. The molecule has 0 saturated carbocycles. The maximum atomic E-state index is 12.1. The molecule has 2 N–H and O–H groups in total. The van der Waals surface area contributed by atoms with Crippen molar-refractivity contribution in [3.05, 3.63) is 60.7 Å². The van der Waals surface area contributed by atoms with E-state index in [1.807, 2.05) is 18.2 Å². The number of nitrogens with two attached hydrogens (primary N) is 1. The van der Waals surface area contributed by atoms with E-state index in [-0.39, 0.29) is 5.75 Å². The first-order chi connectivity index (χ1) is 11.4. The van der Waals surface area contributed by atoms with Crippen LogP contribution >= 0.6 is 0 Å². The van der Waals surface area contributed by atoms with Crippen molar-refractivity contribution in [1.82, 2.24) is 10.2 Å². The summed E-state index contributed by atoms with van der Waals surface area (Å²) in [6.07, 6.45) is -4.71. The summed E-state index contributed by atoms with van der Waals surface area (Å²) in [7, 11) is 0. The van der Waals surface area contributed by atoms with E-state index in [1.165, 1.54) is 24.3 Å². The molecule has 3 rings (SSSR count). The van der Waals surface area contributed by atoms with E-state index in [1.54, 1.807) is 18.2 Å². The van der Waals surface area contributed by atoms with Gasteiger partial charge in [0.25, 0.3) is 0 Å². The fourth-order valence-electron chi connectivity index (χ4n) is 2.19. The molecule has 2 aromatic carbocycles. The maximum absolute atomic E-state index is 12.1. The van der Waals surface area contributed by atoms with Crippen LogP contribution in [0.4, 0.5) is 18.9 Å². The first-order valence-corrected chi connectivity index (χ1v) is 6.97. The largest absolute Gasteiger partial charge is 0.573 e. The van der Waals surface area contributed by atoms with Crippen molar-refractivity contribution in [2.45, 2.75) is 6.36 Å². The van der Waals surface area contributed by atoms with Crippen LogP contribution < -0.4 is 10.5 Å². The fraction of sp³-hybridized carbons (Fsp3) is 0.0588. The topological polar surface area (TPSA) is 61.0 Å². The molecule has 0 aliphatic carbocycles. The molecule has 0 atom stereocenters. The molecule has 1 heterocycles. The summed E-state index contributed by atoms with van der Waals surface area (Å²) in [4.78, 5) is 0. The Kier molecular flexibility index (Phi) is 4.07. The second kappa shape index (κ2) is 6.19. The molecule has 7 heteroatoms. The number of halogens is 3. The number of para-hydroxylation sites is 1. The predicted molar refractivity (Wildman–Crippen MR) is 84.0 cm³/mol. The van der Waals surface area contributed by atoms with Gasteiger partial charge < -0.3 is 10.5 Å². The third kappa shape index (κ3) is 3.62. The van der Waals surface area contributed by atoms with Crippen LogP contribution in [0.25, 0.3) is 22.5 Å². The molecule has 1 aromatic heterocycles. The zero-order chi connectivity index (χ0) is 17.2. The second-order valence-corrected chi connectivity index (χ2v) is 4.96. The van der Waals surface area contributed by atoms with Crippen molar-refractivity contribution in [2.75, 3.05) is 5.73 Å². The zero-order valence-electron chi connectivity index (χ0n) is 12.3. The predicted octanol–water partition coefficient (Wildman–Crippen LogP) is 4.29. The third-order valence-corrected chi connectivity index (χ3v) is 3.28. The molecular weight excluding hydrogens is 319 g/mol. The van der Waals surface area contributed by atoms with E-state index in [0.717, 1.165) is 5.56 Å². The minimum atomic E-state index is -4.71. The molecule has 4 nitrogen and oxygen atoms in total. The standard InChI is InChI=1S/C17H12F3N3O/c18-17(19,20)24-12-7-5-11(6-8-12)15-9-10-16(23-22-15)13-3-1-2-4-14(13)21/h1-10H,21H2. The van der Waals surface area contributed by atoms with Gasteiger partial charge in [-0.25, -0.2) is 0 Å². The quantitative estimate of drug-likeness (QED) is 0.727. The lowest BCUT2D eigenvalue weighted by atomic mass is 10.1. The molecule has 122 valence electrons. The summed E-state index contributed by atoms with van der Waals surface area (Å²) < 4.78 is 40.3. The molecule has 0 bridgehead atoms. The molecule has 0 spiro atoms. The summed E-state index contributed by atoms with van der Waals surface area (Å²) in [5.41, 5.74) is 9.04. The highest BCUT2D eigenvalue weighted by Gasteiger charge is 2.30. The van der Waals surface area contributed by atoms with Crippen LogP contribution in [0.1, 0.15) is 0 Å². The van der Waals surface area contributed by atoms with Crippen LogP contribution in [0.2, 0.25) is 0 Å². The number of hydrogen-bond acceptors (Lipinski definition) is 4. The molecular formula is C17H12F3N3O. The molecule has 0 aliphatic heterocycles. The molecule has 0 fully saturated rings. The number of hydrogen-bond donors (Lipinski definition) is 1. The minimum Gasteiger partial charge on any atom is -0.406 e. The van der Waals surface area contributed by atoms with Crippen LogP contribution in [0, 0.1) is 0 Å². The summed E-state index contributed by atoms with van der Waals surface area (Å²) >= 11 is 0. The Labute approximate surface area is 135 Å². The number of rotatable bonds is 3. The van der Waals surface area contributed by atoms with Crippen molar-refractivity contribution in [3.63, 3.8) is 0 Å². The molecule has 0 unspecified atom stereocenters. The lowest BCUT2D eigenvalue weighted by Crippen LogP contribution is -2.16. The highest BCUT2D eigenvalue weighted by atomic mass is 19.4. The van der Waals surface area contributed by atoms with Crippen molar-refractivity contribution in [3.8, 4) is 28.3 Å². The number of nitrogen functional groups attached to an aromatic ring is 1. The highest BCUT2D eigenvalue weighted by molar-refractivity contribution is 5.74. The lowest BCUT2D eigenvalue weighted by molar-refractivity contribution is -0.274. The van der Waals surface area contributed by atoms with Crippen molar-refractivity contribution in [2.24, 2.45) is 0 Å². The smallest absolute Gasteiger partial charge is 0.406 e. The van der Waals surface area contributed by atoms with Gasteiger partial charge in [-0.15, -0.1) is 23.4 Å². The summed E-state index contributed by atoms with van der Waals surface area (Å²) in [5.74, 6) is -0.284. The van der Waals surface area contributed by atoms with Crippen LogP contribution in [-0.4, -0.2) is 16.6 Å². The normalized spacial score (nSPS) is 11.3. The summed E-state index contributed by atoms with van der Waals surface area (Å²) in [6.45, 7) is 0. The summed E-state index contributed by atoms with van der Waals surface area (Å²) in [6, 6.07) is 16.2. The first-order valence-electron chi connectivity index (χ1n) is 6.97. The maximum Gasteiger partial charge on any atom is 0.573 e. The highest BCUT2D eigenvalue weighted by Crippen LogP contribution is 2.27. The average molecular weight is 331 g/mol. The SMILES string of the molecule is Nc1ccccc1-c1ccc(-c2ccc(OC(F)(F)F)cc2)nn1. The van der Waals surface area contributed by atoms with Gasteiger partial charge in [0.05, 0.1) is 11.4 Å². The molecule has 3 aromatic rings. The van der Waals surface area contributed by atoms with Crippen LogP contribution in [-0.2, 0) is 0 Å². The van der Waals surface area contributed by atoms with Crippen LogP contribution in [0.15, 0.2) is 60.7 Å². The minimum absolute atomic E-state index is 0.284. The van der Waals surface area contributed by atoms with Crippen LogP contribution in [0.5, 0.6) is 5.75 Å². The van der Waals surface area contributed by atoms with Gasteiger partial charge >= 0.3 is 6.36 Å². The molecule has 24 heavy (non-hydrogen) atoms. The molecule has 0 saturated heterocycles. The number of aromatic nitrogens is 2. The number of benzene rings is 2. The van der Waals surface area contributed by atoms with Gasteiger partial charge in [-0.3, -0.25) is 0 Å². The number of ether oxygens (including phenoxy) is 1. The van der Waals surface area contributed by atoms with Gasteiger partial charge in [-0.05, 0) is 42.5 Å². The fourth-order valence-corrected chi connectivity index (χ4v) is 2.19. The Morgan fingerprint density at radius 2 is 1.42 bits per heavy atom. The van der Waals surface area contributed by atoms with E-state index in [0.29, 0.717) is 22.6 Å². The van der Waals surface area contributed by atoms with Crippen molar-refractivity contribution >= 4 is 5.69 Å². The van der Waals surface area contributed by atoms with E-state index in [4.69, 9.17) is 5.73 Å². The second-order valence-electron chi connectivity index (χ2n) is 4.96. The van der Waals surface area contributed by atoms with Gasteiger partial charge in [0.15, 0.2) is 0 Å². The zero-order valence-corrected chi connectivity index (χ0v) is 12.3.